The molecule has 2 atom stereocenters. The third-order valence-electron chi connectivity index (χ3n) is 5.06. The second kappa shape index (κ2) is 8.99. The van der Waals surface area contributed by atoms with Crippen LogP contribution in [0.15, 0.2) is 24.3 Å². The van der Waals surface area contributed by atoms with E-state index in [0.717, 1.165) is 19.3 Å². The maximum atomic E-state index is 12.5. The van der Waals surface area contributed by atoms with Crippen LogP contribution in [0.4, 0.5) is 0 Å². The fourth-order valence-electron chi connectivity index (χ4n) is 3.44. The van der Waals surface area contributed by atoms with Crippen LogP contribution >= 0.6 is 0 Å². The number of nitrogens with one attached hydrogen (secondary N) is 1. The normalized spacial score (nSPS) is 19.0. The van der Waals surface area contributed by atoms with Gasteiger partial charge in [0.2, 0.25) is 11.8 Å². The second-order valence-electron chi connectivity index (χ2n) is 7.28. The van der Waals surface area contributed by atoms with Crippen LogP contribution in [0.2, 0.25) is 0 Å². The van der Waals surface area contributed by atoms with Crippen LogP contribution in [-0.4, -0.2) is 36.3 Å². The number of likely N-dealkylation sites (tertiary alicyclic amines) is 1. The lowest BCUT2D eigenvalue weighted by Crippen LogP contribution is -2.47. The van der Waals surface area contributed by atoms with Crippen LogP contribution in [0.1, 0.15) is 50.8 Å². The first-order valence-corrected chi connectivity index (χ1v) is 9.31. The molecule has 1 aliphatic rings. The van der Waals surface area contributed by atoms with Gasteiger partial charge in [0.15, 0.2) is 0 Å². The number of nitrogens with zero attached hydrogens (tertiary/aromatic N) is 1. The van der Waals surface area contributed by atoms with Crippen molar-refractivity contribution in [3.05, 3.63) is 35.4 Å². The summed E-state index contributed by atoms with van der Waals surface area (Å²) in [7, 11) is 0. The Hall–Kier alpha value is -1.88. The Kier molecular flexibility index (Phi) is 7.00. The molecule has 3 N–H and O–H groups in total. The Balaban J connectivity index is 1.95. The van der Waals surface area contributed by atoms with Crippen LogP contribution in [0.25, 0.3) is 0 Å². The van der Waals surface area contributed by atoms with Crippen LogP contribution in [0, 0.1) is 11.8 Å². The van der Waals surface area contributed by atoms with Crippen molar-refractivity contribution in [2.24, 2.45) is 17.6 Å². The number of primary amides is 1. The molecule has 0 spiro atoms. The van der Waals surface area contributed by atoms with Gasteiger partial charge in [0, 0.05) is 19.1 Å². The van der Waals surface area contributed by atoms with Gasteiger partial charge < -0.3 is 16.0 Å². The Labute approximate surface area is 151 Å². The van der Waals surface area contributed by atoms with Crippen molar-refractivity contribution in [2.75, 3.05) is 19.6 Å². The highest BCUT2D eigenvalue weighted by molar-refractivity contribution is 5.81. The van der Waals surface area contributed by atoms with Crippen molar-refractivity contribution in [1.82, 2.24) is 10.2 Å². The van der Waals surface area contributed by atoms with Crippen LogP contribution < -0.4 is 11.1 Å². The van der Waals surface area contributed by atoms with E-state index in [-0.39, 0.29) is 30.3 Å². The summed E-state index contributed by atoms with van der Waals surface area (Å²) < 4.78 is 0. The number of nitrogens with two attached hydrogens (primary N) is 1. The first kappa shape index (κ1) is 19.4. The van der Waals surface area contributed by atoms with Gasteiger partial charge >= 0.3 is 0 Å². The van der Waals surface area contributed by atoms with E-state index in [1.165, 1.54) is 11.1 Å². The fourth-order valence-corrected chi connectivity index (χ4v) is 3.44. The highest BCUT2D eigenvalue weighted by Gasteiger charge is 2.27. The van der Waals surface area contributed by atoms with Crippen molar-refractivity contribution in [1.29, 1.82) is 0 Å². The van der Waals surface area contributed by atoms with Gasteiger partial charge in [0.05, 0.1) is 12.5 Å². The predicted octanol–water partition coefficient (Wildman–Crippen LogP) is 2.26. The number of aryl methyl sites for hydroxylation is 1. The van der Waals surface area contributed by atoms with E-state index in [1.54, 1.807) is 4.90 Å². The number of hydrogen-bond acceptors (Lipinski definition) is 3. The van der Waals surface area contributed by atoms with E-state index in [0.29, 0.717) is 19.0 Å². The average molecular weight is 345 g/mol. The molecule has 2 amide bonds. The predicted molar refractivity (Wildman–Crippen MR) is 99.9 cm³/mol. The van der Waals surface area contributed by atoms with E-state index in [2.05, 4.69) is 50.4 Å². The zero-order valence-corrected chi connectivity index (χ0v) is 15.6. The molecule has 1 aliphatic heterocycles. The average Bonchev–Trinajstić information content (AvgIpc) is 2.62. The molecule has 138 valence electrons. The first-order valence-electron chi connectivity index (χ1n) is 9.31. The molecule has 1 aromatic rings. The van der Waals surface area contributed by atoms with E-state index in [4.69, 9.17) is 5.73 Å². The monoisotopic (exact) mass is 345 g/mol. The highest BCUT2D eigenvalue weighted by atomic mass is 16.2. The molecule has 25 heavy (non-hydrogen) atoms. The van der Waals surface area contributed by atoms with Crippen molar-refractivity contribution >= 4 is 11.8 Å². The minimum absolute atomic E-state index is 0.0433. The number of carbonyl (C=O) groups excluding carboxylic acids is 2. The fraction of sp³-hybridized carbons (Fsp3) is 0.600. The molecule has 0 aliphatic carbocycles. The molecule has 0 radical (unpaired) electrons. The number of rotatable bonds is 7. The molecule has 1 saturated heterocycles. The topological polar surface area (TPSA) is 75.4 Å². The van der Waals surface area contributed by atoms with Gasteiger partial charge in [-0.05, 0) is 36.3 Å². The molecule has 0 aromatic heterocycles. The van der Waals surface area contributed by atoms with Crippen LogP contribution in [-0.2, 0) is 16.0 Å². The summed E-state index contributed by atoms with van der Waals surface area (Å²) in [4.78, 5) is 25.7. The molecule has 5 heteroatoms. The quantitative estimate of drug-likeness (QED) is 0.796. The first-order chi connectivity index (χ1) is 11.9. The summed E-state index contributed by atoms with van der Waals surface area (Å²) in [5.74, 6) is -0.0940. The highest BCUT2D eigenvalue weighted by Crippen LogP contribution is 2.22. The number of amides is 2. The zero-order valence-electron chi connectivity index (χ0n) is 15.6. The van der Waals surface area contributed by atoms with E-state index in [1.807, 2.05) is 0 Å². The van der Waals surface area contributed by atoms with Gasteiger partial charge in [-0.25, -0.2) is 0 Å². The minimum Gasteiger partial charge on any atom is -0.369 e. The summed E-state index contributed by atoms with van der Waals surface area (Å²) in [6.07, 6.45) is 2.64. The molecule has 1 heterocycles. The Morgan fingerprint density at radius 3 is 2.52 bits per heavy atom. The van der Waals surface area contributed by atoms with E-state index < -0.39 is 0 Å². The van der Waals surface area contributed by atoms with Gasteiger partial charge in [0.1, 0.15) is 0 Å². The maximum absolute atomic E-state index is 12.5. The van der Waals surface area contributed by atoms with E-state index in [9.17, 15) is 9.59 Å². The summed E-state index contributed by atoms with van der Waals surface area (Å²) in [6.45, 7) is 7.89. The Morgan fingerprint density at radius 1 is 1.28 bits per heavy atom. The molecule has 0 bridgehead atoms. The van der Waals surface area contributed by atoms with E-state index >= 15 is 0 Å². The number of piperidine rings is 1. The summed E-state index contributed by atoms with van der Waals surface area (Å²) >= 11 is 0. The van der Waals surface area contributed by atoms with Gasteiger partial charge in [-0.3, -0.25) is 9.59 Å². The molecular formula is C20H31N3O2. The van der Waals surface area contributed by atoms with Crippen molar-refractivity contribution < 1.29 is 9.59 Å². The lowest BCUT2D eigenvalue weighted by molar-refractivity contribution is -0.134. The molecule has 0 saturated carbocycles. The lowest BCUT2D eigenvalue weighted by atomic mass is 9.94. The number of hydrogen-bond donors (Lipinski definition) is 2. The minimum atomic E-state index is -0.304. The van der Waals surface area contributed by atoms with Crippen LogP contribution in [0.3, 0.4) is 0 Å². The second-order valence-corrected chi connectivity index (χ2v) is 7.28. The maximum Gasteiger partial charge on any atom is 0.236 e. The molecule has 1 aromatic carbocycles. The van der Waals surface area contributed by atoms with Gasteiger partial charge in [-0.1, -0.05) is 45.0 Å². The Bertz CT molecular complexity index is 583. The number of carbonyl (C=O) groups is 2. The van der Waals surface area contributed by atoms with Crippen LogP contribution in [0.5, 0.6) is 0 Å². The molecule has 2 rings (SSSR count). The van der Waals surface area contributed by atoms with Crippen molar-refractivity contribution in [3.8, 4) is 0 Å². The lowest BCUT2D eigenvalue weighted by Gasteiger charge is -2.32. The summed E-state index contributed by atoms with van der Waals surface area (Å²) in [5, 5.41) is 3.41. The molecule has 1 fully saturated rings. The third kappa shape index (κ3) is 5.30. The molecular weight excluding hydrogens is 314 g/mol. The summed E-state index contributed by atoms with van der Waals surface area (Å²) in [5.41, 5.74) is 7.91. The summed E-state index contributed by atoms with van der Waals surface area (Å²) in [6, 6.07) is 8.72. The Morgan fingerprint density at radius 2 is 1.96 bits per heavy atom. The third-order valence-corrected chi connectivity index (χ3v) is 5.06. The van der Waals surface area contributed by atoms with Gasteiger partial charge in [-0.2, -0.15) is 0 Å². The largest absolute Gasteiger partial charge is 0.369 e. The van der Waals surface area contributed by atoms with Crippen molar-refractivity contribution in [2.45, 2.75) is 46.1 Å². The number of benzene rings is 1. The zero-order chi connectivity index (χ0) is 18.4. The molecule has 2 unspecified atom stereocenters. The van der Waals surface area contributed by atoms with Crippen molar-refractivity contribution in [3.63, 3.8) is 0 Å². The standard InChI is InChI=1S/C20H31N3O2/c1-4-15-7-9-16(10-8-15)19(14(2)3)22-12-18(24)23-11-5-6-17(13-23)20(21)25/h7-10,14,17,19,22H,4-6,11-13H2,1-3H3,(H2,21,25). The smallest absolute Gasteiger partial charge is 0.236 e. The van der Waals surface area contributed by atoms with Gasteiger partial charge in [-0.15, -0.1) is 0 Å². The van der Waals surface area contributed by atoms with Gasteiger partial charge in [0.25, 0.3) is 0 Å². The molecule has 5 nitrogen and oxygen atoms in total. The SMILES string of the molecule is CCc1ccc(C(NCC(=O)N2CCCC(C(N)=O)C2)C(C)C)cc1.